The number of ether oxygens (including phenoxy) is 3. The first kappa shape index (κ1) is 28.7. The van der Waals surface area contributed by atoms with E-state index in [4.69, 9.17) is 19.9 Å². The lowest BCUT2D eigenvalue weighted by Gasteiger charge is -2.57. The molecule has 222 valence electrons. The van der Waals surface area contributed by atoms with E-state index in [0.29, 0.717) is 23.3 Å². The Bertz CT molecular complexity index is 1360. The molecule has 0 saturated heterocycles. The highest BCUT2D eigenvalue weighted by molar-refractivity contribution is 5.77. The molecular weight excluding hydrogens is 528 g/mol. The van der Waals surface area contributed by atoms with Gasteiger partial charge in [-0.15, -0.1) is 0 Å². The van der Waals surface area contributed by atoms with Crippen LogP contribution in [0.25, 0.3) is 5.57 Å². The van der Waals surface area contributed by atoms with E-state index in [-0.39, 0.29) is 30.1 Å². The minimum atomic E-state index is -0.871. The number of aromatic nitrogens is 1. The van der Waals surface area contributed by atoms with Crippen molar-refractivity contribution in [2.75, 3.05) is 13.2 Å². The van der Waals surface area contributed by atoms with Crippen LogP contribution in [0.5, 0.6) is 0 Å². The largest absolute Gasteiger partial charge is 0.508 e. The second-order valence-corrected chi connectivity index (χ2v) is 12.9. The van der Waals surface area contributed by atoms with Crippen LogP contribution in [-0.4, -0.2) is 36.4 Å². The number of nitrogens with zero attached hydrogens (tertiary/aromatic N) is 1. The van der Waals surface area contributed by atoms with Crippen LogP contribution in [0.4, 0.5) is 4.79 Å². The third-order valence-corrected chi connectivity index (χ3v) is 10.8. The fourth-order valence-electron chi connectivity index (χ4n) is 8.59. The van der Waals surface area contributed by atoms with E-state index >= 15 is 0 Å². The molecule has 2 saturated carbocycles. The predicted octanol–water partition coefficient (Wildman–Crippen LogP) is 6.80. The maximum absolute atomic E-state index is 12.4. The van der Waals surface area contributed by atoms with Crippen LogP contribution in [0.15, 0.2) is 72.6 Å². The van der Waals surface area contributed by atoms with E-state index in [9.17, 15) is 9.59 Å². The Morgan fingerprint density at radius 3 is 2.52 bits per heavy atom. The average molecular weight is 571 g/mol. The average Bonchev–Trinajstić information content (AvgIpc) is 3.37. The molecule has 4 aliphatic rings. The summed E-state index contributed by atoms with van der Waals surface area (Å²) in [7, 11) is 0. The number of carbonyl (C=O) groups is 2. The van der Waals surface area contributed by atoms with Crippen molar-refractivity contribution in [2.45, 2.75) is 70.9 Å². The molecule has 0 radical (unpaired) electrons. The van der Waals surface area contributed by atoms with Crippen LogP contribution in [0.3, 0.4) is 0 Å². The summed E-state index contributed by atoms with van der Waals surface area (Å²) in [5.74, 6) is 1.42. The fraction of sp³-hybridized carbons (Fsp3) is 0.514. The minimum absolute atomic E-state index is 0.0666. The molecule has 1 aromatic carbocycles. The molecule has 7 heteroatoms. The van der Waals surface area contributed by atoms with Crippen molar-refractivity contribution >= 4 is 17.7 Å². The monoisotopic (exact) mass is 570 g/mol. The summed E-state index contributed by atoms with van der Waals surface area (Å²) in [6, 6.07) is 12.4. The molecule has 7 nitrogen and oxygen atoms in total. The molecule has 0 spiro atoms. The number of benzene rings is 1. The number of carbonyl (C=O) groups excluding carboxylic acids is 2. The normalized spacial score (nSPS) is 32.3. The Morgan fingerprint density at radius 2 is 1.74 bits per heavy atom. The second kappa shape index (κ2) is 11.7. The lowest BCUT2D eigenvalue weighted by atomic mass is 9.47. The molecule has 2 N–H and O–H groups in total. The first-order chi connectivity index (χ1) is 20.3. The zero-order chi connectivity index (χ0) is 29.3. The summed E-state index contributed by atoms with van der Waals surface area (Å²) in [6.45, 7) is 4.79. The van der Waals surface area contributed by atoms with E-state index in [1.165, 1.54) is 29.6 Å². The van der Waals surface area contributed by atoms with E-state index in [1.807, 2.05) is 36.7 Å². The van der Waals surface area contributed by atoms with Gasteiger partial charge in [-0.05, 0) is 89.9 Å². The molecule has 42 heavy (non-hydrogen) atoms. The predicted molar refractivity (Wildman–Crippen MR) is 160 cm³/mol. The van der Waals surface area contributed by atoms with E-state index < -0.39 is 18.2 Å². The van der Waals surface area contributed by atoms with Crippen LogP contribution in [0.2, 0.25) is 0 Å². The Morgan fingerprint density at radius 1 is 0.952 bits per heavy atom. The number of hydrogen-bond donors (Lipinski definition) is 1. The van der Waals surface area contributed by atoms with Gasteiger partial charge in [0.1, 0.15) is 25.4 Å². The maximum Gasteiger partial charge on any atom is 0.508 e. The first-order valence-electron chi connectivity index (χ1n) is 15.4. The Hall–Kier alpha value is -3.45. The third kappa shape index (κ3) is 5.28. The van der Waals surface area contributed by atoms with Gasteiger partial charge >= 0.3 is 12.1 Å². The van der Waals surface area contributed by atoms with E-state index in [1.54, 1.807) is 12.1 Å². The lowest BCUT2D eigenvalue weighted by Crippen LogP contribution is -2.50. The van der Waals surface area contributed by atoms with Crippen molar-refractivity contribution in [2.24, 2.45) is 34.3 Å². The van der Waals surface area contributed by atoms with Gasteiger partial charge in [-0.3, -0.25) is 4.98 Å². The third-order valence-electron chi connectivity index (χ3n) is 10.8. The molecule has 0 bridgehead atoms. The van der Waals surface area contributed by atoms with Crippen molar-refractivity contribution in [3.05, 3.63) is 83.7 Å². The lowest BCUT2D eigenvalue weighted by molar-refractivity contribution is -0.146. The number of esters is 1. The fourth-order valence-corrected chi connectivity index (χ4v) is 8.59. The number of hydrogen-bond acceptors (Lipinski definition) is 7. The maximum atomic E-state index is 12.4. The van der Waals surface area contributed by atoms with Gasteiger partial charge in [0.05, 0.1) is 0 Å². The van der Waals surface area contributed by atoms with E-state index in [2.05, 4.69) is 37.0 Å². The highest BCUT2D eigenvalue weighted by Crippen LogP contribution is 2.66. The Balaban J connectivity index is 1.00. The topological polar surface area (TPSA) is 101 Å². The summed E-state index contributed by atoms with van der Waals surface area (Å²) in [5, 5.41) is 0. The number of pyridine rings is 1. The summed E-state index contributed by atoms with van der Waals surface area (Å²) in [6.07, 6.45) is 15.2. The summed E-state index contributed by atoms with van der Waals surface area (Å²) < 4.78 is 16.1. The minimum Gasteiger partial charge on any atom is -0.461 e. The highest BCUT2D eigenvalue weighted by Gasteiger charge is 2.57. The van der Waals surface area contributed by atoms with Gasteiger partial charge < -0.3 is 19.9 Å². The molecule has 1 heterocycles. The van der Waals surface area contributed by atoms with Crippen LogP contribution in [0.1, 0.15) is 76.0 Å². The van der Waals surface area contributed by atoms with Crippen molar-refractivity contribution in [3.63, 3.8) is 0 Å². The molecule has 0 unspecified atom stereocenters. The molecule has 7 atom stereocenters. The quantitative estimate of drug-likeness (QED) is 0.222. The van der Waals surface area contributed by atoms with Gasteiger partial charge in [-0.1, -0.05) is 68.0 Å². The van der Waals surface area contributed by atoms with Gasteiger partial charge in [0.15, 0.2) is 0 Å². The van der Waals surface area contributed by atoms with Crippen molar-refractivity contribution in [1.29, 1.82) is 0 Å². The molecule has 0 aliphatic heterocycles. The molecule has 4 aliphatic carbocycles. The van der Waals surface area contributed by atoms with Crippen molar-refractivity contribution in [3.8, 4) is 0 Å². The Labute approximate surface area is 248 Å². The zero-order valence-corrected chi connectivity index (χ0v) is 24.7. The van der Waals surface area contributed by atoms with Crippen LogP contribution in [-0.2, 0) is 19.0 Å². The number of rotatable bonds is 7. The Kier molecular flexibility index (Phi) is 7.97. The number of nitrogens with two attached hydrogens (primary N) is 1. The van der Waals surface area contributed by atoms with Gasteiger partial charge in [-0.2, -0.15) is 0 Å². The highest BCUT2D eigenvalue weighted by atomic mass is 16.7. The number of allylic oxidation sites excluding steroid dienone is 3. The van der Waals surface area contributed by atoms with Crippen LogP contribution in [0, 0.1) is 28.6 Å². The summed E-state index contributed by atoms with van der Waals surface area (Å²) in [4.78, 5) is 29.0. The van der Waals surface area contributed by atoms with E-state index in [0.717, 1.165) is 32.1 Å². The van der Waals surface area contributed by atoms with Gasteiger partial charge in [0.25, 0.3) is 0 Å². The molecule has 2 fully saturated rings. The first-order valence-corrected chi connectivity index (χ1v) is 15.4. The van der Waals surface area contributed by atoms with Crippen molar-refractivity contribution in [1.82, 2.24) is 4.98 Å². The summed E-state index contributed by atoms with van der Waals surface area (Å²) >= 11 is 0. The van der Waals surface area contributed by atoms with Gasteiger partial charge in [-0.25, -0.2) is 9.59 Å². The molecule has 0 amide bonds. The van der Waals surface area contributed by atoms with Crippen LogP contribution < -0.4 is 5.73 Å². The van der Waals surface area contributed by atoms with Gasteiger partial charge in [0.2, 0.25) is 0 Å². The van der Waals surface area contributed by atoms with Crippen molar-refractivity contribution < 1.29 is 23.8 Å². The standard InChI is InChI=1S/C35H42N2O5/c1-34-16-14-26(42-33(39)41-20-19-40-32(38)31(36)23-7-4-3-5-8-23)21-25(34)10-11-27-29-13-12-28(24-9-6-18-37-22-24)35(29,2)17-15-30(27)34/h3-10,12,18,22,26-27,29-31H,11,13-17,19-21,36H2,1-2H3/t26-,27-,29-,30-,31-,34-,35+/m0/s1. The molecule has 2 aromatic rings. The smallest absolute Gasteiger partial charge is 0.461 e. The summed E-state index contributed by atoms with van der Waals surface area (Å²) in [5.41, 5.74) is 11.2. The molecule has 1 aromatic heterocycles. The van der Waals surface area contributed by atoms with Crippen LogP contribution >= 0.6 is 0 Å². The number of fused-ring (bicyclic) bond motifs is 5. The molecular formula is C35H42N2O5. The van der Waals surface area contributed by atoms with Gasteiger partial charge in [0, 0.05) is 18.8 Å². The second-order valence-electron chi connectivity index (χ2n) is 12.9. The SMILES string of the molecule is C[C@]12CC[C@H](OC(=O)OCCOC(=O)[C@@H](N)c3ccccc3)CC1=CC[C@@H]1[C@@H]2CC[C@]2(C)C(c3cccnc3)=CC[C@@H]12. The molecule has 6 rings (SSSR count). The zero-order valence-electron chi connectivity index (χ0n) is 24.7.